The number of carbonyl (C=O) groups excluding carboxylic acids is 1. The number of benzene rings is 2. The lowest BCUT2D eigenvalue weighted by molar-refractivity contribution is -0.123. The lowest BCUT2D eigenvalue weighted by atomic mass is 10.1. The minimum atomic E-state index is -0.159. The third-order valence-corrected chi connectivity index (χ3v) is 5.23. The summed E-state index contributed by atoms with van der Waals surface area (Å²) in [5, 5.41) is 3.49. The highest BCUT2D eigenvalue weighted by Crippen LogP contribution is 2.27. The number of nitrogens with zero attached hydrogens (tertiary/aromatic N) is 1. The van der Waals surface area contributed by atoms with Crippen LogP contribution in [0.15, 0.2) is 46.9 Å². The SMILES string of the molecule is O=C(COc1ccc(Cl)cc1Br)NCc1ccc(CN2CCCC2)cc1. The van der Waals surface area contributed by atoms with E-state index < -0.39 is 0 Å². The number of hydrogen-bond acceptors (Lipinski definition) is 3. The van der Waals surface area contributed by atoms with E-state index in [1.54, 1.807) is 18.2 Å². The molecule has 0 bridgehead atoms. The largest absolute Gasteiger partial charge is 0.483 e. The van der Waals surface area contributed by atoms with Gasteiger partial charge in [-0.25, -0.2) is 0 Å². The van der Waals surface area contributed by atoms with E-state index in [0.717, 1.165) is 16.6 Å². The summed E-state index contributed by atoms with van der Waals surface area (Å²) in [6.45, 7) is 3.86. The summed E-state index contributed by atoms with van der Waals surface area (Å²) < 4.78 is 6.24. The molecule has 1 aliphatic heterocycles. The molecule has 0 unspecified atom stereocenters. The predicted octanol–water partition coefficient (Wildman–Crippen LogP) is 4.39. The Balaban J connectivity index is 1.42. The molecule has 3 rings (SSSR count). The van der Waals surface area contributed by atoms with Gasteiger partial charge in [-0.15, -0.1) is 0 Å². The van der Waals surface area contributed by atoms with Crippen molar-refractivity contribution in [3.8, 4) is 5.75 Å². The van der Waals surface area contributed by atoms with Crippen molar-refractivity contribution in [3.05, 3.63) is 63.1 Å². The van der Waals surface area contributed by atoms with Gasteiger partial charge in [-0.05, 0) is 71.2 Å². The highest BCUT2D eigenvalue weighted by atomic mass is 79.9. The minimum absolute atomic E-state index is 0.0344. The molecule has 2 aromatic rings. The van der Waals surface area contributed by atoms with Gasteiger partial charge in [-0.3, -0.25) is 9.69 Å². The van der Waals surface area contributed by atoms with E-state index in [0.29, 0.717) is 17.3 Å². The van der Waals surface area contributed by atoms with Crippen LogP contribution in [-0.4, -0.2) is 30.5 Å². The molecule has 0 radical (unpaired) electrons. The Morgan fingerprint density at radius 1 is 1.12 bits per heavy atom. The number of nitrogens with one attached hydrogen (secondary N) is 1. The lowest BCUT2D eigenvalue weighted by Gasteiger charge is -2.14. The van der Waals surface area contributed by atoms with Crippen LogP contribution < -0.4 is 10.1 Å². The number of ether oxygens (including phenoxy) is 1. The van der Waals surface area contributed by atoms with Crippen LogP contribution in [0.4, 0.5) is 0 Å². The number of rotatable bonds is 7. The second-order valence-corrected chi connectivity index (χ2v) is 7.73. The summed E-state index contributed by atoms with van der Waals surface area (Å²) in [4.78, 5) is 14.5. The van der Waals surface area contributed by atoms with Gasteiger partial charge < -0.3 is 10.1 Å². The Bertz CT molecular complexity index is 746. The summed E-state index contributed by atoms with van der Waals surface area (Å²) >= 11 is 9.25. The van der Waals surface area contributed by atoms with Crippen molar-refractivity contribution in [2.45, 2.75) is 25.9 Å². The fourth-order valence-corrected chi connectivity index (χ4v) is 3.75. The van der Waals surface area contributed by atoms with Crippen molar-refractivity contribution in [1.82, 2.24) is 10.2 Å². The Kier molecular flexibility index (Phi) is 6.94. The molecule has 1 heterocycles. The van der Waals surface area contributed by atoms with Crippen LogP contribution in [0.1, 0.15) is 24.0 Å². The Morgan fingerprint density at radius 3 is 2.50 bits per heavy atom. The molecule has 26 heavy (non-hydrogen) atoms. The highest BCUT2D eigenvalue weighted by molar-refractivity contribution is 9.10. The number of likely N-dealkylation sites (tertiary alicyclic amines) is 1. The van der Waals surface area contributed by atoms with Gasteiger partial charge >= 0.3 is 0 Å². The summed E-state index contributed by atoms with van der Waals surface area (Å²) in [5.74, 6) is 0.434. The van der Waals surface area contributed by atoms with Gasteiger partial charge in [0, 0.05) is 18.1 Å². The summed E-state index contributed by atoms with van der Waals surface area (Å²) in [5.41, 5.74) is 2.40. The summed E-state index contributed by atoms with van der Waals surface area (Å²) in [7, 11) is 0. The molecular formula is C20H22BrClN2O2. The van der Waals surface area contributed by atoms with Crippen LogP contribution in [0.5, 0.6) is 5.75 Å². The molecule has 2 aromatic carbocycles. The maximum absolute atomic E-state index is 12.0. The standard InChI is InChI=1S/C20H22BrClN2O2/c21-18-11-17(22)7-8-19(18)26-14-20(25)23-12-15-3-5-16(6-4-15)13-24-9-1-2-10-24/h3-8,11H,1-2,9-10,12-14H2,(H,23,25). The van der Waals surface area contributed by atoms with E-state index in [4.69, 9.17) is 16.3 Å². The molecule has 1 fully saturated rings. The molecule has 0 spiro atoms. The molecule has 6 heteroatoms. The first-order valence-corrected chi connectivity index (χ1v) is 9.92. The number of carbonyl (C=O) groups is 1. The fourth-order valence-electron chi connectivity index (χ4n) is 2.95. The third kappa shape index (κ3) is 5.73. The van der Waals surface area contributed by atoms with Crippen molar-refractivity contribution < 1.29 is 9.53 Å². The van der Waals surface area contributed by atoms with Gasteiger partial charge in [-0.2, -0.15) is 0 Å². The quantitative estimate of drug-likeness (QED) is 0.698. The number of hydrogen-bond donors (Lipinski definition) is 1. The molecule has 1 amide bonds. The predicted molar refractivity (Wildman–Crippen MR) is 107 cm³/mol. The van der Waals surface area contributed by atoms with E-state index in [1.165, 1.54) is 31.5 Å². The Labute approximate surface area is 167 Å². The molecule has 0 saturated carbocycles. The van der Waals surface area contributed by atoms with Crippen molar-refractivity contribution in [1.29, 1.82) is 0 Å². The van der Waals surface area contributed by atoms with Crippen LogP contribution in [-0.2, 0) is 17.9 Å². The number of amides is 1. The van der Waals surface area contributed by atoms with Gasteiger partial charge in [0.2, 0.25) is 0 Å². The van der Waals surface area contributed by atoms with Gasteiger partial charge in [0.1, 0.15) is 5.75 Å². The van der Waals surface area contributed by atoms with Crippen molar-refractivity contribution in [2.24, 2.45) is 0 Å². The van der Waals surface area contributed by atoms with Crippen LogP contribution in [0.2, 0.25) is 5.02 Å². The molecule has 1 saturated heterocycles. The van der Waals surface area contributed by atoms with E-state index in [-0.39, 0.29) is 12.5 Å². The molecular weight excluding hydrogens is 416 g/mol. The van der Waals surface area contributed by atoms with E-state index in [1.807, 2.05) is 0 Å². The first-order valence-electron chi connectivity index (χ1n) is 8.75. The number of halogens is 2. The van der Waals surface area contributed by atoms with Crippen molar-refractivity contribution in [2.75, 3.05) is 19.7 Å². The van der Waals surface area contributed by atoms with Crippen LogP contribution in [0.25, 0.3) is 0 Å². The first-order chi connectivity index (χ1) is 12.6. The fraction of sp³-hybridized carbons (Fsp3) is 0.350. The van der Waals surface area contributed by atoms with Gasteiger partial charge in [-0.1, -0.05) is 35.9 Å². The van der Waals surface area contributed by atoms with E-state index in [9.17, 15) is 4.79 Å². The van der Waals surface area contributed by atoms with Crippen molar-refractivity contribution in [3.63, 3.8) is 0 Å². The Morgan fingerprint density at radius 2 is 1.81 bits per heavy atom. The maximum atomic E-state index is 12.0. The molecule has 1 aliphatic rings. The maximum Gasteiger partial charge on any atom is 0.258 e. The van der Waals surface area contributed by atoms with Crippen LogP contribution in [0.3, 0.4) is 0 Å². The molecule has 138 valence electrons. The van der Waals surface area contributed by atoms with Gasteiger partial charge in [0.05, 0.1) is 4.47 Å². The Hall–Kier alpha value is -1.56. The second-order valence-electron chi connectivity index (χ2n) is 6.44. The zero-order valence-corrected chi connectivity index (χ0v) is 16.9. The average molecular weight is 438 g/mol. The van der Waals surface area contributed by atoms with Crippen LogP contribution >= 0.6 is 27.5 Å². The minimum Gasteiger partial charge on any atom is -0.483 e. The molecule has 0 aliphatic carbocycles. The zero-order chi connectivity index (χ0) is 18.4. The van der Waals surface area contributed by atoms with Gasteiger partial charge in [0.15, 0.2) is 6.61 Å². The molecule has 4 nitrogen and oxygen atoms in total. The molecule has 1 N–H and O–H groups in total. The van der Waals surface area contributed by atoms with Crippen LogP contribution in [0, 0.1) is 0 Å². The second kappa shape index (κ2) is 9.40. The summed E-state index contributed by atoms with van der Waals surface area (Å²) in [6, 6.07) is 13.6. The third-order valence-electron chi connectivity index (χ3n) is 4.37. The topological polar surface area (TPSA) is 41.6 Å². The molecule has 0 aromatic heterocycles. The highest BCUT2D eigenvalue weighted by Gasteiger charge is 2.11. The van der Waals surface area contributed by atoms with E-state index >= 15 is 0 Å². The average Bonchev–Trinajstić information content (AvgIpc) is 3.13. The first kappa shape index (κ1) is 19.2. The summed E-state index contributed by atoms with van der Waals surface area (Å²) in [6.07, 6.45) is 2.61. The van der Waals surface area contributed by atoms with Gasteiger partial charge in [0.25, 0.3) is 5.91 Å². The molecule has 0 atom stereocenters. The monoisotopic (exact) mass is 436 g/mol. The van der Waals surface area contributed by atoms with E-state index in [2.05, 4.69) is 50.4 Å². The lowest BCUT2D eigenvalue weighted by Crippen LogP contribution is -2.28. The smallest absolute Gasteiger partial charge is 0.258 e. The zero-order valence-electron chi connectivity index (χ0n) is 14.5. The van der Waals surface area contributed by atoms with Crippen molar-refractivity contribution >= 4 is 33.4 Å². The normalized spacial score (nSPS) is 14.4.